The number of alkyl halides is 3. The maximum absolute atomic E-state index is 13.6. The number of carbonyl (C=O) groups excluding carboxylic acids is 2. The van der Waals surface area contributed by atoms with Gasteiger partial charge in [0.2, 0.25) is 0 Å². The van der Waals surface area contributed by atoms with E-state index in [9.17, 15) is 22.8 Å². The van der Waals surface area contributed by atoms with Gasteiger partial charge in [-0.1, -0.05) is 18.2 Å². The number of fused-ring (bicyclic) bond motifs is 2. The quantitative estimate of drug-likeness (QED) is 0.808. The van der Waals surface area contributed by atoms with Crippen LogP contribution >= 0.6 is 0 Å². The number of ether oxygens (including phenoxy) is 1. The summed E-state index contributed by atoms with van der Waals surface area (Å²) in [6, 6.07) is 6.20. The molecule has 28 heavy (non-hydrogen) atoms. The number of carbonyl (C=O) groups is 2. The fourth-order valence-electron chi connectivity index (χ4n) is 4.35. The second-order valence-corrected chi connectivity index (χ2v) is 6.86. The number of nitrogens with zero attached hydrogens (tertiary/aromatic N) is 1. The van der Waals surface area contributed by atoms with Crippen molar-refractivity contribution in [1.82, 2.24) is 5.32 Å². The first-order valence-electron chi connectivity index (χ1n) is 8.62. The van der Waals surface area contributed by atoms with Gasteiger partial charge in [-0.05, 0) is 18.6 Å². The van der Waals surface area contributed by atoms with Crippen molar-refractivity contribution < 1.29 is 31.9 Å². The number of hydrogen-bond acceptors (Lipinski definition) is 5. The molecule has 1 fully saturated rings. The summed E-state index contributed by atoms with van der Waals surface area (Å²) in [5.74, 6) is -1.57. The minimum Gasteiger partial charge on any atom is -0.461 e. The molecule has 1 aromatic heterocycles. The Labute approximate surface area is 158 Å². The van der Waals surface area contributed by atoms with Gasteiger partial charge in [0.05, 0.1) is 12.0 Å². The lowest BCUT2D eigenvalue weighted by atomic mass is 9.76. The minimum atomic E-state index is -4.56. The van der Waals surface area contributed by atoms with Gasteiger partial charge in [0.25, 0.3) is 5.91 Å². The van der Waals surface area contributed by atoms with Gasteiger partial charge >= 0.3 is 6.18 Å². The minimum absolute atomic E-state index is 0.0792. The van der Waals surface area contributed by atoms with E-state index in [0.717, 1.165) is 0 Å². The van der Waals surface area contributed by atoms with Gasteiger partial charge in [0.1, 0.15) is 18.3 Å². The number of methoxy groups -OCH3 is 1. The van der Waals surface area contributed by atoms with Crippen molar-refractivity contribution in [2.75, 3.05) is 18.7 Å². The van der Waals surface area contributed by atoms with Crippen LogP contribution in [0, 0.1) is 0 Å². The van der Waals surface area contributed by atoms with E-state index in [2.05, 4.69) is 5.32 Å². The van der Waals surface area contributed by atoms with Crippen LogP contribution in [0.1, 0.15) is 34.0 Å². The number of halogens is 3. The number of aldehydes is 1. The van der Waals surface area contributed by atoms with Crippen LogP contribution in [0.3, 0.4) is 0 Å². The smallest absolute Gasteiger partial charge is 0.403 e. The monoisotopic (exact) mass is 394 g/mol. The van der Waals surface area contributed by atoms with Gasteiger partial charge in [0.15, 0.2) is 12.0 Å². The van der Waals surface area contributed by atoms with Gasteiger partial charge in [-0.3, -0.25) is 19.8 Å². The molecule has 0 radical (unpaired) electrons. The Bertz CT molecular complexity index is 926. The lowest BCUT2D eigenvalue weighted by Crippen LogP contribution is -2.54. The van der Waals surface area contributed by atoms with E-state index in [-0.39, 0.29) is 18.1 Å². The number of anilines is 1. The van der Waals surface area contributed by atoms with Crippen LogP contribution in [0.15, 0.2) is 41.0 Å². The Morgan fingerprint density at radius 1 is 1.36 bits per heavy atom. The molecule has 3 heterocycles. The van der Waals surface area contributed by atoms with Crippen molar-refractivity contribution in [3.8, 4) is 0 Å². The van der Waals surface area contributed by atoms with Crippen LogP contribution in [0.25, 0.3) is 0 Å². The number of nitrogens with one attached hydrogen (secondary N) is 1. The van der Waals surface area contributed by atoms with Gasteiger partial charge < -0.3 is 9.15 Å². The van der Waals surface area contributed by atoms with Crippen LogP contribution in [-0.2, 0) is 15.1 Å². The van der Waals surface area contributed by atoms with Crippen LogP contribution in [-0.4, -0.2) is 38.3 Å². The lowest BCUT2D eigenvalue weighted by Gasteiger charge is -2.31. The molecule has 0 bridgehead atoms. The van der Waals surface area contributed by atoms with Crippen LogP contribution in [0.2, 0.25) is 0 Å². The number of furan rings is 1. The van der Waals surface area contributed by atoms with Crippen molar-refractivity contribution in [2.45, 2.75) is 30.1 Å². The normalized spacial score (nSPS) is 26.9. The SMILES string of the molecule is COCN1C(=O)[C@]2(N[C@H](C(F)(F)F)C[C@@H]2c2ccoc2C=O)c2ccccc21. The third-order valence-electron chi connectivity index (χ3n) is 5.46. The molecule has 3 atom stereocenters. The Balaban J connectivity index is 1.93. The molecule has 6 nitrogen and oxygen atoms in total. The second kappa shape index (κ2) is 6.46. The predicted molar refractivity (Wildman–Crippen MR) is 91.9 cm³/mol. The Kier molecular flexibility index (Phi) is 4.31. The number of amides is 1. The predicted octanol–water partition coefficient (Wildman–Crippen LogP) is 2.95. The number of hydrogen-bond donors (Lipinski definition) is 1. The van der Waals surface area contributed by atoms with Gasteiger partial charge in [-0.25, -0.2) is 0 Å². The van der Waals surface area contributed by atoms with Crippen molar-refractivity contribution in [3.05, 3.63) is 53.5 Å². The standard InChI is InChI=1S/C19H17F3N2O4/c1-27-10-24-14-5-3-2-4-12(14)18(17(24)26)13(8-16(23-18)19(20,21)22)11-6-7-28-15(11)9-25/h2-7,9,13,16,23H,8,10H2,1H3/t13-,16+,18+/m1/s1. The van der Waals surface area contributed by atoms with Crippen LogP contribution in [0.5, 0.6) is 0 Å². The van der Waals surface area contributed by atoms with Crippen molar-refractivity contribution in [3.63, 3.8) is 0 Å². The van der Waals surface area contributed by atoms with E-state index >= 15 is 0 Å². The van der Waals surface area contributed by atoms with Crippen molar-refractivity contribution in [2.24, 2.45) is 0 Å². The molecule has 4 rings (SSSR count). The molecule has 1 amide bonds. The summed E-state index contributed by atoms with van der Waals surface area (Å²) in [6.45, 7) is -0.103. The number of para-hydroxylation sites is 1. The van der Waals surface area contributed by atoms with E-state index in [1.54, 1.807) is 24.3 Å². The molecule has 1 saturated heterocycles. The molecule has 1 N–H and O–H groups in total. The zero-order valence-electron chi connectivity index (χ0n) is 14.8. The summed E-state index contributed by atoms with van der Waals surface area (Å²) in [6.07, 6.45) is -3.27. The number of benzene rings is 1. The Hall–Kier alpha value is -2.65. The molecule has 0 saturated carbocycles. The fourth-order valence-corrected chi connectivity index (χ4v) is 4.35. The maximum atomic E-state index is 13.6. The molecule has 2 aliphatic heterocycles. The Morgan fingerprint density at radius 2 is 2.11 bits per heavy atom. The average Bonchev–Trinajstić information content (AvgIpc) is 3.34. The van der Waals surface area contributed by atoms with E-state index in [0.29, 0.717) is 17.5 Å². The van der Waals surface area contributed by atoms with E-state index in [1.165, 1.54) is 24.3 Å². The van der Waals surface area contributed by atoms with Gasteiger partial charge in [-0.2, -0.15) is 13.2 Å². The number of rotatable bonds is 4. The Morgan fingerprint density at radius 3 is 2.79 bits per heavy atom. The molecule has 1 spiro atoms. The molecule has 1 aromatic carbocycles. The van der Waals surface area contributed by atoms with E-state index in [4.69, 9.17) is 9.15 Å². The topological polar surface area (TPSA) is 71.8 Å². The molecule has 0 aliphatic carbocycles. The van der Waals surface area contributed by atoms with Gasteiger partial charge in [-0.15, -0.1) is 0 Å². The summed E-state index contributed by atoms with van der Waals surface area (Å²) < 4.78 is 51.1. The first-order chi connectivity index (χ1) is 13.3. The van der Waals surface area contributed by atoms with Crippen LogP contribution in [0.4, 0.5) is 18.9 Å². The first kappa shape index (κ1) is 18.7. The third-order valence-corrected chi connectivity index (χ3v) is 5.46. The summed E-state index contributed by atoms with van der Waals surface area (Å²) in [5.41, 5.74) is -0.494. The van der Waals surface area contributed by atoms with Gasteiger partial charge in [0, 0.05) is 24.2 Å². The summed E-state index contributed by atoms with van der Waals surface area (Å²) in [4.78, 5) is 26.1. The molecule has 2 aliphatic rings. The maximum Gasteiger partial charge on any atom is 0.403 e. The summed E-state index contributed by atoms with van der Waals surface area (Å²) in [5, 5.41) is 2.56. The van der Waals surface area contributed by atoms with Crippen LogP contribution < -0.4 is 10.2 Å². The third kappa shape index (κ3) is 2.50. The molecule has 9 heteroatoms. The summed E-state index contributed by atoms with van der Waals surface area (Å²) in [7, 11) is 1.40. The highest BCUT2D eigenvalue weighted by molar-refractivity contribution is 6.09. The zero-order valence-corrected chi connectivity index (χ0v) is 14.8. The molecular formula is C19H17F3N2O4. The fraction of sp³-hybridized carbons (Fsp3) is 0.368. The zero-order chi connectivity index (χ0) is 20.1. The average molecular weight is 394 g/mol. The van der Waals surface area contributed by atoms with Crippen molar-refractivity contribution >= 4 is 17.9 Å². The molecule has 148 valence electrons. The second-order valence-electron chi connectivity index (χ2n) is 6.86. The lowest BCUT2D eigenvalue weighted by molar-refractivity contribution is -0.154. The highest BCUT2D eigenvalue weighted by Gasteiger charge is 2.64. The molecule has 2 aromatic rings. The largest absolute Gasteiger partial charge is 0.461 e. The first-order valence-corrected chi connectivity index (χ1v) is 8.62. The van der Waals surface area contributed by atoms with E-state index in [1.807, 2.05) is 0 Å². The van der Waals surface area contributed by atoms with E-state index < -0.39 is 36.0 Å². The highest BCUT2D eigenvalue weighted by Crippen LogP contribution is 2.55. The highest BCUT2D eigenvalue weighted by atomic mass is 19.4. The molecular weight excluding hydrogens is 377 g/mol. The summed E-state index contributed by atoms with van der Waals surface area (Å²) >= 11 is 0. The van der Waals surface area contributed by atoms with Crippen molar-refractivity contribution in [1.29, 1.82) is 0 Å². The molecule has 0 unspecified atom stereocenters.